The van der Waals surface area contributed by atoms with Gasteiger partial charge in [0.25, 0.3) is 11.6 Å². The first kappa shape index (κ1) is 13.7. The smallest absolute Gasteiger partial charge is 0.288 e. The quantitative estimate of drug-likeness (QED) is 0.443. The van der Waals surface area contributed by atoms with Gasteiger partial charge < -0.3 is 15.1 Å². The topological polar surface area (TPSA) is 117 Å². The second-order valence-corrected chi connectivity index (χ2v) is 4.49. The van der Waals surface area contributed by atoms with Gasteiger partial charge in [0.15, 0.2) is 0 Å². The zero-order chi connectivity index (χ0) is 14.2. The maximum Gasteiger partial charge on any atom is 0.288 e. The molecule has 1 aromatic heterocycles. The molecule has 1 saturated heterocycles. The predicted molar refractivity (Wildman–Crippen MR) is 63.8 cm³/mol. The summed E-state index contributed by atoms with van der Waals surface area (Å²) in [6.07, 6.45) is -1.11. The number of amides is 1. The summed E-state index contributed by atoms with van der Waals surface area (Å²) < 4.78 is 0. The highest BCUT2D eigenvalue weighted by molar-refractivity contribution is 6.32. The average molecular weight is 288 g/mol. The Labute approximate surface area is 112 Å². The fourth-order valence-electron chi connectivity index (χ4n) is 1.79. The molecule has 102 valence electrons. The summed E-state index contributed by atoms with van der Waals surface area (Å²) in [6, 6.07) is 1.02. The number of carbonyl (C=O) groups excluding carboxylic acids is 1. The summed E-state index contributed by atoms with van der Waals surface area (Å²) in [6.45, 7) is -0.113. The molecule has 2 heterocycles. The van der Waals surface area contributed by atoms with E-state index >= 15 is 0 Å². The van der Waals surface area contributed by atoms with Crippen LogP contribution in [-0.2, 0) is 0 Å². The number of aliphatic hydroxyl groups excluding tert-OH is 2. The van der Waals surface area contributed by atoms with Crippen LogP contribution in [-0.4, -0.2) is 56.2 Å². The number of hydrogen-bond donors (Lipinski definition) is 2. The Morgan fingerprint density at radius 1 is 1.47 bits per heavy atom. The lowest BCUT2D eigenvalue weighted by atomic mass is 10.2. The third kappa shape index (κ3) is 2.65. The number of nitro groups is 1. The van der Waals surface area contributed by atoms with E-state index in [1.807, 2.05) is 0 Å². The normalized spacial score (nSPS) is 22.6. The van der Waals surface area contributed by atoms with E-state index in [-0.39, 0.29) is 29.5 Å². The summed E-state index contributed by atoms with van der Waals surface area (Å²) in [5, 5.41) is 29.2. The Kier molecular flexibility index (Phi) is 3.65. The number of β-amino-alcohol motifs (C(OH)–C–C–N with tert-alkyl or cyclic N) is 2. The Bertz CT molecular complexity index is 528. The van der Waals surface area contributed by atoms with Crippen LogP contribution in [0.3, 0.4) is 0 Å². The first-order chi connectivity index (χ1) is 8.90. The second-order valence-electron chi connectivity index (χ2n) is 4.13. The van der Waals surface area contributed by atoms with Crippen molar-refractivity contribution in [3.05, 3.63) is 33.1 Å². The van der Waals surface area contributed by atoms with Gasteiger partial charge in [-0.1, -0.05) is 11.6 Å². The number of aromatic nitrogens is 1. The van der Waals surface area contributed by atoms with Crippen molar-refractivity contribution in [2.45, 2.75) is 12.2 Å². The highest BCUT2D eigenvalue weighted by Gasteiger charge is 2.34. The minimum Gasteiger partial charge on any atom is -0.388 e. The van der Waals surface area contributed by atoms with E-state index < -0.39 is 23.0 Å². The fraction of sp³-hybridized carbons (Fsp3) is 0.400. The van der Waals surface area contributed by atoms with Gasteiger partial charge in [0.05, 0.1) is 22.7 Å². The van der Waals surface area contributed by atoms with E-state index in [2.05, 4.69) is 4.98 Å². The summed E-state index contributed by atoms with van der Waals surface area (Å²) in [5.41, 5.74) is -0.481. The third-order valence-electron chi connectivity index (χ3n) is 2.81. The molecular formula is C10H10ClN3O5. The molecule has 8 nitrogen and oxygen atoms in total. The monoisotopic (exact) mass is 287 g/mol. The molecule has 0 aliphatic carbocycles. The van der Waals surface area contributed by atoms with E-state index in [0.717, 1.165) is 12.3 Å². The number of carbonyl (C=O) groups is 1. The molecule has 0 unspecified atom stereocenters. The van der Waals surface area contributed by atoms with Gasteiger partial charge >= 0.3 is 0 Å². The second kappa shape index (κ2) is 5.08. The molecule has 1 fully saturated rings. The summed E-state index contributed by atoms with van der Waals surface area (Å²) in [7, 11) is 0. The van der Waals surface area contributed by atoms with Crippen molar-refractivity contribution in [3.63, 3.8) is 0 Å². The lowest BCUT2D eigenvalue weighted by Crippen LogP contribution is -2.30. The van der Waals surface area contributed by atoms with Crippen LogP contribution in [0.4, 0.5) is 5.69 Å². The molecule has 0 radical (unpaired) electrons. The summed E-state index contributed by atoms with van der Waals surface area (Å²) >= 11 is 5.74. The zero-order valence-electron chi connectivity index (χ0n) is 9.56. The standard InChI is InChI=1S/C10H10ClN3O5/c11-9-6(1-5(2-12-9)14(18)19)10(17)13-3-7(15)8(16)4-13/h1-2,7-8,15-16H,3-4H2/t7-,8+. The van der Waals surface area contributed by atoms with E-state index in [4.69, 9.17) is 11.6 Å². The van der Waals surface area contributed by atoms with Crippen molar-refractivity contribution < 1.29 is 19.9 Å². The van der Waals surface area contributed by atoms with Gasteiger partial charge in [-0.05, 0) is 0 Å². The van der Waals surface area contributed by atoms with Crippen molar-refractivity contribution in [1.29, 1.82) is 0 Å². The zero-order valence-corrected chi connectivity index (χ0v) is 10.3. The summed E-state index contributed by atoms with van der Waals surface area (Å²) in [5.74, 6) is -0.614. The Morgan fingerprint density at radius 3 is 2.58 bits per heavy atom. The molecule has 0 bridgehead atoms. The first-order valence-electron chi connectivity index (χ1n) is 5.35. The maximum absolute atomic E-state index is 12.1. The molecule has 19 heavy (non-hydrogen) atoms. The van der Waals surface area contributed by atoms with E-state index in [1.54, 1.807) is 0 Å². The molecule has 2 N–H and O–H groups in total. The number of hydrogen-bond acceptors (Lipinski definition) is 6. The van der Waals surface area contributed by atoms with Crippen molar-refractivity contribution in [2.24, 2.45) is 0 Å². The number of pyridine rings is 1. The van der Waals surface area contributed by atoms with Crippen LogP contribution in [0.15, 0.2) is 12.3 Å². The first-order valence-corrected chi connectivity index (χ1v) is 5.73. The van der Waals surface area contributed by atoms with Crippen LogP contribution in [0.1, 0.15) is 10.4 Å². The Morgan fingerprint density at radius 2 is 2.05 bits per heavy atom. The number of rotatable bonds is 2. The Hall–Kier alpha value is -1.77. The molecule has 2 rings (SSSR count). The van der Waals surface area contributed by atoms with Gasteiger partial charge in [-0.2, -0.15) is 0 Å². The minimum absolute atomic E-state index is 0.0565. The van der Waals surface area contributed by atoms with Crippen molar-refractivity contribution in [2.75, 3.05) is 13.1 Å². The minimum atomic E-state index is -1.03. The van der Waals surface area contributed by atoms with Crippen molar-refractivity contribution in [3.8, 4) is 0 Å². The molecule has 9 heteroatoms. The molecular weight excluding hydrogens is 278 g/mol. The van der Waals surface area contributed by atoms with Crippen LogP contribution in [0, 0.1) is 10.1 Å². The van der Waals surface area contributed by atoms with E-state index in [9.17, 15) is 25.1 Å². The van der Waals surface area contributed by atoms with Crippen LogP contribution in [0.2, 0.25) is 5.15 Å². The highest BCUT2D eigenvalue weighted by atomic mass is 35.5. The van der Waals surface area contributed by atoms with Gasteiger partial charge in [0.1, 0.15) is 11.3 Å². The van der Waals surface area contributed by atoms with Crippen LogP contribution < -0.4 is 0 Å². The number of nitrogens with zero attached hydrogens (tertiary/aromatic N) is 3. The average Bonchev–Trinajstić information content (AvgIpc) is 2.69. The molecule has 0 spiro atoms. The molecule has 2 atom stereocenters. The van der Waals surface area contributed by atoms with Gasteiger partial charge in [-0.3, -0.25) is 14.9 Å². The van der Waals surface area contributed by atoms with Gasteiger partial charge in [-0.25, -0.2) is 4.98 Å². The van der Waals surface area contributed by atoms with Gasteiger partial charge in [0, 0.05) is 19.2 Å². The van der Waals surface area contributed by atoms with Crippen LogP contribution >= 0.6 is 11.6 Å². The third-order valence-corrected chi connectivity index (χ3v) is 3.11. The Balaban J connectivity index is 2.29. The lowest BCUT2D eigenvalue weighted by Gasteiger charge is -2.15. The molecule has 1 aliphatic heterocycles. The fourth-order valence-corrected chi connectivity index (χ4v) is 1.98. The molecule has 0 aromatic carbocycles. The predicted octanol–water partition coefficient (Wildman–Crippen LogP) is -0.179. The van der Waals surface area contributed by atoms with Gasteiger partial charge in [0.2, 0.25) is 0 Å². The molecule has 0 saturated carbocycles. The molecule has 1 aliphatic rings. The largest absolute Gasteiger partial charge is 0.388 e. The number of likely N-dealkylation sites (tertiary alicyclic amines) is 1. The van der Waals surface area contributed by atoms with Crippen LogP contribution in [0.5, 0.6) is 0 Å². The number of aliphatic hydroxyl groups is 2. The number of halogens is 1. The molecule has 1 aromatic rings. The van der Waals surface area contributed by atoms with Crippen molar-refractivity contribution >= 4 is 23.2 Å². The lowest BCUT2D eigenvalue weighted by molar-refractivity contribution is -0.385. The van der Waals surface area contributed by atoms with Crippen LogP contribution in [0.25, 0.3) is 0 Å². The van der Waals surface area contributed by atoms with E-state index in [1.165, 1.54) is 4.90 Å². The SMILES string of the molecule is O=C(c1cc([N+](=O)[O-])cnc1Cl)N1C[C@@H](O)[C@@H](O)C1. The van der Waals surface area contributed by atoms with E-state index in [0.29, 0.717) is 0 Å². The van der Waals surface area contributed by atoms with Crippen molar-refractivity contribution in [1.82, 2.24) is 9.88 Å². The molecule has 1 amide bonds. The highest BCUT2D eigenvalue weighted by Crippen LogP contribution is 2.22. The summed E-state index contributed by atoms with van der Waals surface area (Å²) in [4.78, 5) is 26.8. The maximum atomic E-state index is 12.1. The van der Waals surface area contributed by atoms with Gasteiger partial charge in [-0.15, -0.1) is 0 Å².